The predicted octanol–water partition coefficient (Wildman–Crippen LogP) is 2.65. The van der Waals surface area contributed by atoms with Gasteiger partial charge in [0.05, 0.1) is 5.56 Å². The zero-order chi connectivity index (χ0) is 12.8. The summed E-state index contributed by atoms with van der Waals surface area (Å²) in [6.07, 6.45) is 2.94. The highest BCUT2D eigenvalue weighted by Gasteiger charge is 2.12. The number of hydrogen-bond acceptors (Lipinski definition) is 4. The van der Waals surface area contributed by atoms with Crippen LogP contribution in [0.2, 0.25) is 10.3 Å². The van der Waals surface area contributed by atoms with E-state index < -0.39 is 0 Å². The third-order valence-corrected chi connectivity index (χ3v) is 3.71. The summed E-state index contributed by atoms with van der Waals surface area (Å²) in [6.45, 7) is 2.70. The number of nitrogens with zero attached hydrogens (tertiary/aromatic N) is 2. The molecule has 0 radical (unpaired) electrons. The Hall–Kier alpha value is -0.520. The van der Waals surface area contributed by atoms with Gasteiger partial charge < -0.3 is 5.32 Å². The zero-order valence-corrected chi connectivity index (χ0v) is 11.9. The SMILES string of the molecule is CSC(C)CCNC(=O)c1cc(Cl)nnc1Cl. The second kappa shape index (κ2) is 7.03. The van der Waals surface area contributed by atoms with Crippen LogP contribution in [-0.4, -0.2) is 34.2 Å². The molecule has 1 amide bonds. The van der Waals surface area contributed by atoms with E-state index in [-0.39, 0.29) is 21.8 Å². The molecule has 0 fully saturated rings. The van der Waals surface area contributed by atoms with Crippen molar-refractivity contribution in [3.8, 4) is 0 Å². The van der Waals surface area contributed by atoms with E-state index in [4.69, 9.17) is 23.2 Å². The Morgan fingerprint density at radius 1 is 1.53 bits per heavy atom. The van der Waals surface area contributed by atoms with Crippen LogP contribution in [0.1, 0.15) is 23.7 Å². The molecule has 0 aliphatic carbocycles. The number of amides is 1. The highest BCUT2D eigenvalue weighted by Crippen LogP contribution is 2.15. The van der Waals surface area contributed by atoms with Gasteiger partial charge in [-0.2, -0.15) is 11.8 Å². The molecule has 0 saturated carbocycles. The van der Waals surface area contributed by atoms with Gasteiger partial charge in [-0.1, -0.05) is 30.1 Å². The molecule has 17 heavy (non-hydrogen) atoms. The van der Waals surface area contributed by atoms with Crippen molar-refractivity contribution < 1.29 is 4.79 Å². The first kappa shape index (κ1) is 14.5. The Balaban J connectivity index is 2.55. The van der Waals surface area contributed by atoms with Crippen LogP contribution in [0.3, 0.4) is 0 Å². The summed E-state index contributed by atoms with van der Waals surface area (Å²) < 4.78 is 0. The third-order valence-electron chi connectivity index (χ3n) is 2.20. The first-order valence-electron chi connectivity index (χ1n) is 5.04. The van der Waals surface area contributed by atoms with Crippen LogP contribution in [-0.2, 0) is 0 Å². The van der Waals surface area contributed by atoms with E-state index in [0.717, 1.165) is 6.42 Å². The van der Waals surface area contributed by atoms with Gasteiger partial charge >= 0.3 is 0 Å². The molecule has 94 valence electrons. The van der Waals surface area contributed by atoms with Crippen molar-refractivity contribution >= 4 is 40.9 Å². The van der Waals surface area contributed by atoms with Crippen molar-refractivity contribution in [1.82, 2.24) is 15.5 Å². The van der Waals surface area contributed by atoms with Gasteiger partial charge in [-0.15, -0.1) is 10.2 Å². The van der Waals surface area contributed by atoms with Crippen molar-refractivity contribution in [3.05, 3.63) is 21.9 Å². The highest BCUT2D eigenvalue weighted by atomic mass is 35.5. The van der Waals surface area contributed by atoms with Gasteiger partial charge in [0.15, 0.2) is 10.3 Å². The van der Waals surface area contributed by atoms with Crippen LogP contribution in [0.5, 0.6) is 0 Å². The fourth-order valence-electron chi connectivity index (χ4n) is 1.11. The monoisotopic (exact) mass is 293 g/mol. The van der Waals surface area contributed by atoms with Gasteiger partial charge in [-0.25, -0.2) is 0 Å². The number of hydrogen-bond donors (Lipinski definition) is 1. The molecule has 0 saturated heterocycles. The second-order valence-electron chi connectivity index (χ2n) is 3.46. The van der Waals surface area contributed by atoms with Crippen LogP contribution in [0, 0.1) is 0 Å². The lowest BCUT2D eigenvalue weighted by molar-refractivity contribution is 0.0953. The average molecular weight is 294 g/mol. The quantitative estimate of drug-likeness (QED) is 0.907. The molecule has 1 rings (SSSR count). The number of carbonyl (C=O) groups excluding carboxylic acids is 1. The maximum Gasteiger partial charge on any atom is 0.254 e. The van der Waals surface area contributed by atoms with Crippen LogP contribution in [0.4, 0.5) is 0 Å². The lowest BCUT2D eigenvalue weighted by Gasteiger charge is -2.09. The van der Waals surface area contributed by atoms with E-state index in [0.29, 0.717) is 11.8 Å². The number of rotatable bonds is 5. The molecular formula is C10H13Cl2N3OS. The molecule has 1 heterocycles. The largest absolute Gasteiger partial charge is 0.352 e. The van der Waals surface area contributed by atoms with Crippen molar-refractivity contribution in [1.29, 1.82) is 0 Å². The van der Waals surface area contributed by atoms with Gasteiger partial charge in [0.25, 0.3) is 5.91 Å². The van der Waals surface area contributed by atoms with E-state index in [2.05, 4.69) is 22.4 Å². The fraction of sp³-hybridized carbons (Fsp3) is 0.500. The summed E-state index contributed by atoms with van der Waals surface area (Å²) >= 11 is 13.2. The molecule has 0 aliphatic rings. The molecule has 0 aliphatic heterocycles. The maximum absolute atomic E-state index is 11.8. The van der Waals surface area contributed by atoms with E-state index in [1.807, 2.05) is 6.26 Å². The van der Waals surface area contributed by atoms with Gasteiger partial charge in [0.2, 0.25) is 0 Å². The van der Waals surface area contributed by atoms with Crippen molar-refractivity contribution in [3.63, 3.8) is 0 Å². The van der Waals surface area contributed by atoms with Crippen molar-refractivity contribution in [2.75, 3.05) is 12.8 Å². The van der Waals surface area contributed by atoms with Gasteiger partial charge in [-0.05, 0) is 18.7 Å². The minimum absolute atomic E-state index is 0.0600. The molecule has 1 aromatic rings. The summed E-state index contributed by atoms with van der Waals surface area (Å²) in [5.41, 5.74) is 0.253. The lowest BCUT2D eigenvalue weighted by Crippen LogP contribution is -2.26. The number of nitrogens with one attached hydrogen (secondary N) is 1. The number of halogens is 2. The normalized spacial score (nSPS) is 12.2. The third kappa shape index (κ3) is 4.69. The van der Waals surface area contributed by atoms with Crippen LogP contribution >= 0.6 is 35.0 Å². The molecule has 0 aromatic carbocycles. The molecular weight excluding hydrogens is 281 g/mol. The average Bonchev–Trinajstić information content (AvgIpc) is 2.31. The molecule has 0 bridgehead atoms. The fourth-order valence-corrected chi connectivity index (χ4v) is 1.79. The summed E-state index contributed by atoms with van der Waals surface area (Å²) in [5, 5.41) is 10.6. The van der Waals surface area contributed by atoms with Crippen LogP contribution in [0.25, 0.3) is 0 Å². The molecule has 1 unspecified atom stereocenters. The van der Waals surface area contributed by atoms with Crippen LogP contribution < -0.4 is 5.32 Å². The lowest BCUT2D eigenvalue weighted by atomic mass is 10.2. The van der Waals surface area contributed by atoms with Crippen molar-refractivity contribution in [2.45, 2.75) is 18.6 Å². The molecule has 1 aromatic heterocycles. The maximum atomic E-state index is 11.8. The van der Waals surface area contributed by atoms with Gasteiger partial charge in [-0.3, -0.25) is 4.79 Å². The summed E-state index contributed by atoms with van der Waals surface area (Å²) in [7, 11) is 0. The highest BCUT2D eigenvalue weighted by molar-refractivity contribution is 7.99. The van der Waals surface area contributed by atoms with E-state index in [9.17, 15) is 4.79 Å². The Morgan fingerprint density at radius 2 is 2.24 bits per heavy atom. The van der Waals surface area contributed by atoms with Gasteiger partial charge in [0, 0.05) is 11.8 Å². The minimum Gasteiger partial charge on any atom is -0.352 e. The Kier molecular flexibility index (Phi) is 6.02. The van der Waals surface area contributed by atoms with Gasteiger partial charge in [0.1, 0.15) is 0 Å². The predicted molar refractivity (Wildman–Crippen MR) is 72.0 cm³/mol. The molecule has 1 N–H and O–H groups in total. The topological polar surface area (TPSA) is 54.9 Å². The summed E-state index contributed by atoms with van der Waals surface area (Å²) in [4.78, 5) is 11.8. The summed E-state index contributed by atoms with van der Waals surface area (Å²) in [6, 6.07) is 1.41. The zero-order valence-electron chi connectivity index (χ0n) is 9.54. The second-order valence-corrected chi connectivity index (χ2v) is 5.48. The van der Waals surface area contributed by atoms with E-state index in [1.54, 1.807) is 11.8 Å². The number of aromatic nitrogens is 2. The first-order valence-corrected chi connectivity index (χ1v) is 7.08. The Labute approximate surface area is 114 Å². The van der Waals surface area contributed by atoms with Crippen LogP contribution in [0.15, 0.2) is 6.07 Å². The number of thioether (sulfide) groups is 1. The minimum atomic E-state index is -0.278. The smallest absolute Gasteiger partial charge is 0.254 e. The Morgan fingerprint density at radius 3 is 2.88 bits per heavy atom. The van der Waals surface area contributed by atoms with Crippen molar-refractivity contribution in [2.24, 2.45) is 0 Å². The Bertz CT molecular complexity index is 403. The van der Waals surface area contributed by atoms with E-state index >= 15 is 0 Å². The summed E-state index contributed by atoms with van der Waals surface area (Å²) in [5.74, 6) is -0.278. The first-order chi connectivity index (χ1) is 8.04. The standard InChI is InChI=1S/C10H13Cl2N3OS/c1-6(17-2)3-4-13-10(16)7-5-8(11)14-15-9(7)12/h5-6H,3-4H2,1-2H3,(H,13,16). The molecule has 4 nitrogen and oxygen atoms in total. The number of carbonyl (C=O) groups is 1. The molecule has 7 heteroatoms. The molecule has 0 spiro atoms. The molecule has 1 atom stereocenters. The van der Waals surface area contributed by atoms with E-state index in [1.165, 1.54) is 6.07 Å².